The summed E-state index contributed by atoms with van der Waals surface area (Å²) in [5, 5.41) is 14.5. The van der Waals surface area contributed by atoms with Gasteiger partial charge in [0.15, 0.2) is 0 Å². The molecule has 8 nitrogen and oxygen atoms in total. The third kappa shape index (κ3) is 9.85. The summed E-state index contributed by atoms with van der Waals surface area (Å²) in [5.74, 6) is -1.79. The number of aliphatic carboxylic acids is 1. The third-order valence-electron chi connectivity index (χ3n) is 5.07. The van der Waals surface area contributed by atoms with Gasteiger partial charge in [0.05, 0.1) is 0 Å². The number of carboxylic acids is 1. The number of carbonyl (C=O) groups is 4. The number of ketones is 1. The number of nitrogens with one attached hydrogen (secondary N) is 2. The van der Waals surface area contributed by atoms with E-state index in [4.69, 9.17) is 4.74 Å². The molecule has 0 aliphatic heterocycles. The van der Waals surface area contributed by atoms with Crippen LogP contribution in [0.4, 0.5) is 4.79 Å². The summed E-state index contributed by atoms with van der Waals surface area (Å²) in [7, 11) is 0. The maximum Gasteiger partial charge on any atom is 0.408 e. The third-order valence-corrected chi connectivity index (χ3v) is 5.07. The Morgan fingerprint density at radius 3 is 2.00 bits per heavy atom. The predicted molar refractivity (Wildman–Crippen MR) is 127 cm³/mol. The van der Waals surface area contributed by atoms with E-state index in [0.29, 0.717) is 6.42 Å². The van der Waals surface area contributed by atoms with E-state index in [0.717, 1.165) is 11.1 Å². The first-order chi connectivity index (χ1) is 16.2. The number of amides is 2. The van der Waals surface area contributed by atoms with Gasteiger partial charge in [-0.3, -0.25) is 9.59 Å². The number of hydrogen-bond acceptors (Lipinski definition) is 5. The molecule has 0 saturated heterocycles. The minimum absolute atomic E-state index is 0.0247. The lowest BCUT2D eigenvalue weighted by Crippen LogP contribution is -2.52. The first kappa shape index (κ1) is 26.6. The van der Waals surface area contributed by atoms with Gasteiger partial charge in [-0.15, -0.1) is 0 Å². The Morgan fingerprint density at radius 2 is 1.44 bits per heavy atom. The van der Waals surface area contributed by atoms with Crippen molar-refractivity contribution < 1.29 is 29.0 Å². The Morgan fingerprint density at radius 1 is 0.853 bits per heavy atom. The number of Topliss-reactive ketones (excluding diaryl/α,β-unsaturated/α-hetero) is 1. The van der Waals surface area contributed by atoms with Crippen molar-refractivity contribution in [3.63, 3.8) is 0 Å². The van der Waals surface area contributed by atoms with Gasteiger partial charge >= 0.3 is 12.1 Å². The van der Waals surface area contributed by atoms with Gasteiger partial charge in [-0.05, 0) is 23.5 Å². The van der Waals surface area contributed by atoms with E-state index in [1.807, 2.05) is 38.1 Å². The van der Waals surface area contributed by atoms with E-state index in [1.165, 1.54) is 0 Å². The molecular formula is C26H32N2O6. The first-order valence-electron chi connectivity index (χ1n) is 11.3. The molecule has 2 unspecified atom stereocenters. The van der Waals surface area contributed by atoms with Gasteiger partial charge in [-0.2, -0.15) is 0 Å². The van der Waals surface area contributed by atoms with Crippen LogP contribution >= 0.6 is 0 Å². The minimum atomic E-state index is -1.25. The molecule has 0 heterocycles. The average molecular weight is 469 g/mol. The normalized spacial score (nSPS) is 12.4. The monoisotopic (exact) mass is 468 g/mol. The van der Waals surface area contributed by atoms with Crippen molar-refractivity contribution in [3.05, 3.63) is 71.8 Å². The molecule has 0 aromatic heterocycles. The zero-order valence-corrected chi connectivity index (χ0v) is 19.5. The highest BCUT2D eigenvalue weighted by Gasteiger charge is 2.27. The average Bonchev–Trinajstić information content (AvgIpc) is 2.80. The lowest BCUT2D eigenvalue weighted by Gasteiger charge is -2.21. The fraction of sp³-hybridized carbons (Fsp3) is 0.385. The Hall–Kier alpha value is -3.68. The van der Waals surface area contributed by atoms with Gasteiger partial charge in [-0.25, -0.2) is 9.59 Å². The number of carbonyl (C=O) groups excluding carboxylic acids is 3. The van der Waals surface area contributed by atoms with E-state index in [9.17, 15) is 24.3 Å². The second-order valence-electron chi connectivity index (χ2n) is 8.52. The largest absolute Gasteiger partial charge is 0.480 e. The van der Waals surface area contributed by atoms with E-state index < -0.39 is 30.1 Å². The molecule has 8 heteroatoms. The zero-order valence-electron chi connectivity index (χ0n) is 19.5. The van der Waals surface area contributed by atoms with Crippen molar-refractivity contribution >= 4 is 23.8 Å². The van der Waals surface area contributed by atoms with E-state index in [-0.39, 0.29) is 37.6 Å². The number of carboxylic acid groups (broad SMARTS) is 1. The highest BCUT2D eigenvalue weighted by molar-refractivity contribution is 5.89. The molecule has 0 radical (unpaired) electrons. The maximum absolute atomic E-state index is 13.0. The summed E-state index contributed by atoms with van der Waals surface area (Å²) >= 11 is 0. The van der Waals surface area contributed by atoms with Gasteiger partial charge in [0.25, 0.3) is 0 Å². The molecule has 0 fully saturated rings. The Balaban J connectivity index is 2.03. The van der Waals surface area contributed by atoms with Gasteiger partial charge < -0.3 is 20.5 Å². The van der Waals surface area contributed by atoms with Crippen LogP contribution in [0.1, 0.15) is 44.2 Å². The molecule has 0 spiro atoms. The summed E-state index contributed by atoms with van der Waals surface area (Å²) in [4.78, 5) is 49.0. The fourth-order valence-corrected chi connectivity index (χ4v) is 3.36. The first-order valence-corrected chi connectivity index (χ1v) is 11.3. The standard InChI is InChI=1S/C26H32N2O6/c1-18(2)15-21(29)13-14-22(25(31)32)27-24(30)23(16-19-9-5-3-6-10-19)28-26(33)34-17-20-11-7-4-8-12-20/h3-12,18,22-23H,13-17H2,1-2H3,(H,27,30)(H,28,33)(H,31,32). The highest BCUT2D eigenvalue weighted by atomic mass is 16.5. The van der Waals surface area contributed by atoms with Crippen molar-refractivity contribution in [2.24, 2.45) is 5.92 Å². The smallest absolute Gasteiger partial charge is 0.408 e. The molecule has 0 aliphatic rings. The SMILES string of the molecule is CC(C)CC(=O)CCC(NC(=O)C(Cc1ccccc1)NC(=O)OCc1ccccc1)C(=O)O. The molecule has 2 aromatic carbocycles. The van der Waals surface area contributed by atoms with Crippen LogP contribution in [0.25, 0.3) is 0 Å². The Labute approximate surface area is 199 Å². The van der Waals surface area contributed by atoms with Crippen molar-refractivity contribution in [1.29, 1.82) is 0 Å². The zero-order chi connectivity index (χ0) is 24.9. The van der Waals surface area contributed by atoms with Crippen LogP contribution in [-0.2, 0) is 32.1 Å². The van der Waals surface area contributed by atoms with E-state index in [1.54, 1.807) is 36.4 Å². The quantitative estimate of drug-likeness (QED) is 0.414. The summed E-state index contributed by atoms with van der Waals surface area (Å²) in [5.41, 5.74) is 1.57. The summed E-state index contributed by atoms with van der Waals surface area (Å²) in [6.07, 6.45) is -0.273. The molecule has 0 bridgehead atoms. The van der Waals surface area contributed by atoms with Crippen LogP contribution in [-0.4, -0.2) is 40.9 Å². The van der Waals surface area contributed by atoms with Gasteiger partial charge in [0.1, 0.15) is 24.5 Å². The molecule has 3 N–H and O–H groups in total. The summed E-state index contributed by atoms with van der Waals surface area (Å²) in [6, 6.07) is 15.8. The fourth-order valence-electron chi connectivity index (χ4n) is 3.36. The van der Waals surface area contributed by atoms with E-state index >= 15 is 0 Å². The van der Waals surface area contributed by atoms with Gasteiger partial charge in [0, 0.05) is 19.3 Å². The molecule has 0 saturated carbocycles. The van der Waals surface area contributed by atoms with Crippen LogP contribution < -0.4 is 10.6 Å². The molecule has 0 aliphatic carbocycles. The van der Waals surface area contributed by atoms with Crippen molar-refractivity contribution in [2.45, 2.75) is 58.2 Å². The minimum Gasteiger partial charge on any atom is -0.480 e. The second kappa shape index (κ2) is 13.8. The molecular weight excluding hydrogens is 436 g/mol. The maximum atomic E-state index is 13.0. The Kier molecular flexibility index (Phi) is 10.8. The number of ether oxygens (including phenoxy) is 1. The molecule has 182 valence electrons. The predicted octanol–water partition coefficient (Wildman–Crippen LogP) is 3.49. The van der Waals surface area contributed by atoms with Gasteiger partial charge in [-0.1, -0.05) is 74.5 Å². The number of alkyl carbamates (subject to hydrolysis) is 1. The van der Waals surface area contributed by atoms with Gasteiger partial charge in [0.2, 0.25) is 5.91 Å². The Bertz CT molecular complexity index is 946. The number of benzene rings is 2. The summed E-state index contributed by atoms with van der Waals surface area (Å²) in [6.45, 7) is 3.85. The molecule has 34 heavy (non-hydrogen) atoms. The van der Waals surface area contributed by atoms with Crippen LogP contribution in [0.2, 0.25) is 0 Å². The van der Waals surface area contributed by atoms with Crippen molar-refractivity contribution in [3.8, 4) is 0 Å². The van der Waals surface area contributed by atoms with Crippen LogP contribution in [0.3, 0.4) is 0 Å². The molecule has 2 rings (SSSR count). The number of rotatable bonds is 13. The lowest BCUT2D eigenvalue weighted by atomic mass is 10.0. The molecule has 2 aromatic rings. The lowest BCUT2D eigenvalue weighted by molar-refractivity contribution is -0.142. The number of hydrogen-bond donors (Lipinski definition) is 3. The molecule has 2 amide bonds. The summed E-state index contributed by atoms with van der Waals surface area (Å²) < 4.78 is 5.22. The van der Waals surface area contributed by atoms with Crippen LogP contribution in [0.5, 0.6) is 0 Å². The van der Waals surface area contributed by atoms with E-state index in [2.05, 4.69) is 10.6 Å². The van der Waals surface area contributed by atoms with Crippen LogP contribution in [0, 0.1) is 5.92 Å². The van der Waals surface area contributed by atoms with Crippen LogP contribution in [0.15, 0.2) is 60.7 Å². The topological polar surface area (TPSA) is 122 Å². The highest BCUT2D eigenvalue weighted by Crippen LogP contribution is 2.09. The molecule has 2 atom stereocenters. The van der Waals surface area contributed by atoms with Crippen molar-refractivity contribution in [1.82, 2.24) is 10.6 Å². The second-order valence-corrected chi connectivity index (χ2v) is 8.52. The van der Waals surface area contributed by atoms with Crippen molar-refractivity contribution in [2.75, 3.05) is 0 Å².